The first-order valence-corrected chi connectivity index (χ1v) is 8.15. The molecule has 0 saturated carbocycles. The van der Waals surface area contributed by atoms with E-state index in [9.17, 15) is 8.78 Å². The Morgan fingerprint density at radius 1 is 1.33 bits per heavy atom. The first-order valence-electron chi connectivity index (χ1n) is 8.15. The van der Waals surface area contributed by atoms with Gasteiger partial charge in [-0.05, 0) is 17.5 Å². The van der Waals surface area contributed by atoms with Gasteiger partial charge >= 0.3 is 0 Å². The SMILES string of the molecule is CC(C)(C)CN1CCOC[C@H]1c1ncc(-c2ccc(F)cc2F)[nH]1. The lowest BCUT2D eigenvalue weighted by Gasteiger charge is -2.38. The van der Waals surface area contributed by atoms with Crippen molar-refractivity contribution in [2.45, 2.75) is 26.8 Å². The summed E-state index contributed by atoms with van der Waals surface area (Å²) >= 11 is 0. The normalized spacial score (nSPS) is 19.6. The summed E-state index contributed by atoms with van der Waals surface area (Å²) in [6, 6.07) is 3.56. The van der Waals surface area contributed by atoms with E-state index in [4.69, 9.17) is 4.74 Å². The number of halogens is 2. The molecule has 1 aromatic heterocycles. The topological polar surface area (TPSA) is 41.1 Å². The van der Waals surface area contributed by atoms with Gasteiger partial charge in [-0.25, -0.2) is 13.8 Å². The van der Waals surface area contributed by atoms with Gasteiger partial charge in [0.15, 0.2) is 0 Å². The van der Waals surface area contributed by atoms with Crippen LogP contribution in [-0.4, -0.2) is 41.2 Å². The maximum atomic E-state index is 14.0. The van der Waals surface area contributed by atoms with E-state index in [1.807, 2.05) is 0 Å². The van der Waals surface area contributed by atoms with Crippen molar-refractivity contribution < 1.29 is 13.5 Å². The predicted molar refractivity (Wildman–Crippen MR) is 88.5 cm³/mol. The molecule has 0 bridgehead atoms. The molecule has 0 aliphatic carbocycles. The highest BCUT2D eigenvalue weighted by Crippen LogP contribution is 2.29. The molecule has 1 atom stereocenters. The number of aromatic amines is 1. The second-order valence-corrected chi connectivity index (χ2v) is 7.43. The first-order chi connectivity index (χ1) is 11.3. The summed E-state index contributed by atoms with van der Waals surface area (Å²) in [6.45, 7) is 9.59. The van der Waals surface area contributed by atoms with Crippen molar-refractivity contribution >= 4 is 0 Å². The maximum absolute atomic E-state index is 14.0. The minimum absolute atomic E-state index is 0.00948. The highest BCUT2D eigenvalue weighted by molar-refractivity contribution is 5.59. The van der Waals surface area contributed by atoms with Crippen molar-refractivity contribution in [1.82, 2.24) is 14.9 Å². The van der Waals surface area contributed by atoms with Gasteiger partial charge in [-0.1, -0.05) is 20.8 Å². The van der Waals surface area contributed by atoms with Crippen molar-refractivity contribution in [3.05, 3.63) is 41.9 Å². The Labute approximate surface area is 140 Å². The number of morpholine rings is 1. The molecule has 130 valence electrons. The summed E-state index contributed by atoms with van der Waals surface area (Å²) in [6.07, 6.45) is 1.59. The number of H-pyrrole nitrogens is 1. The molecule has 1 saturated heterocycles. The van der Waals surface area contributed by atoms with E-state index in [0.29, 0.717) is 24.5 Å². The summed E-state index contributed by atoms with van der Waals surface area (Å²) in [7, 11) is 0. The predicted octanol–water partition coefficient (Wildman–Crippen LogP) is 3.77. The minimum atomic E-state index is -0.600. The molecule has 1 aliphatic heterocycles. The van der Waals surface area contributed by atoms with Gasteiger partial charge in [0, 0.05) is 24.7 Å². The average molecular weight is 335 g/mol. The van der Waals surface area contributed by atoms with Crippen molar-refractivity contribution in [1.29, 1.82) is 0 Å². The van der Waals surface area contributed by atoms with Gasteiger partial charge in [0.05, 0.1) is 31.1 Å². The van der Waals surface area contributed by atoms with Gasteiger partial charge < -0.3 is 9.72 Å². The quantitative estimate of drug-likeness (QED) is 0.928. The first kappa shape index (κ1) is 17.0. The fourth-order valence-corrected chi connectivity index (χ4v) is 3.04. The molecule has 6 heteroatoms. The van der Waals surface area contributed by atoms with Crippen molar-refractivity contribution in [3.8, 4) is 11.3 Å². The molecule has 2 aromatic rings. The monoisotopic (exact) mass is 335 g/mol. The van der Waals surface area contributed by atoms with Crippen LogP contribution in [0.15, 0.2) is 24.4 Å². The fraction of sp³-hybridized carbons (Fsp3) is 0.500. The molecule has 1 aliphatic rings. The van der Waals surface area contributed by atoms with Crippen LogP contribution >= 0.6 is 0 Å². The van der Waals surface area contributed by atoms with E-state index in [2.05, 4.69) is 35.6 Å². The van der Waals surface area contributed by atoms with E-state index >= 15 is 0 Å². The molecule has 1 fully saturated rings. The number of nitrogens with zero attached hydrogens (tertiary/aromatic N) is 2. The summed E-state index contributed by atoms with van der Waals surface area (Å²) in [5, 5.41) is 0. The largest absolute Gasteiger partial charge is 0.378 e. The Kier molecular flexibility index (Phi) is 4.69. The molecule has 0 radical (unpaired) electrons. The number of hydrogen-bond acceptors (Lipinski definition) is 3. The zero-order chi connectivity index (χ0) is 17.3. The number of benzene rings is 1. The third-order valence-corrected chi connectivity index (χ3v) is 4.05. The molecular weight excluding hydrogens is 312 g/mol. The summed E-state index contributed by atoms with van der Waals surface area (Å²) in [5.74, 6) is -0.442. The van der Waals surface area contributed by atoms with Crippen LogP contribution in [0.4, 0.5) is 8.78 Å². The van der Waals surface area contributed by atoms with E-state index in [-0.39, 0.29) is 11.5 Å². The van der Waals surface area contributed by atoms with Crippen molar-refractivity contribution in [2.24, 2.45) is 5.41 Å². The molecular formula is C18H23F2N3O. The second kappa shape index (κ2) is 6.61. The highest BCUT2D eigenvalue weighted by Gasteiger charge is 2.30. The summed E-state index contributed by atoms with van der Waals surface area (Å²) < 4.78 is 32.7. The van der Waals surface area contributed by atoms with Gasteiger partial charge in [0.25, 0.3) is 0 Å². The lowest BCUT2D eigenvalue weighted by Crippen LogP contribution is -2.44. The number of rotatable bonds is 3. The van der Waals surface area contributed by atoms with Gasteiger partial charge in [-0.3, -0.25) is 4.90 Å². The average Bonchev–Trinajstić information content (AvgIpc) is 2.95. The molecule has 0 unspecified atom stereocenters. The van der Waals surface area contributed by atoms with Crippen LogP contribution in [0.5, 0.6) is 0 Å². The van der Waals surface area contributed by atoms with Gasteiger partial charge in [0.2, 0.25) is 0 Å². The van der Waals surface area contributed by atoms with E-state index in [0.717, 1.165) is 25.0 Å². The Balaban J connectivity index is 1.85. The van der Waals surface area contributed by atoms with E-state index in [1.165, 1.54) is 12.1 Å². The third-order valence-electron chi connectivity index (χ3n) is 4.05. The highest BCUT2D eigenvalue weighted by atomic mass is 19.1. The Morgan fingerprint density at radius 3 is 2.83 bits per heavy atom. The second-order valence-electron chi connectivity index (χ2n) is 7.43. The zero-order valence-corrected chi connectivity index (χ0v) is 14.3. The number of ether oxygens (including phenoxy) is 1. The Hall–Kier alpha value is -1.79. The third kappa shape index (κ3) is 3.82. The van der Waals surface area contributed by atoms with Crippen LogP contribution in [0.3, 0.4) is 0 Å². The summed E-state index contributed by atoms with van der Waals surface area (Å²) in [5.41, 5.74) is 1.02. The van der Waals surface area contributed by atoms with Crippen LogP contribution in [0.25, 0.3) is 11.3 Å². The van der Waals surface area contributed by atoms with E-state index in [1.54, 1.807) is 6.20 Å². The Morgan fingerprint density at radius 2 is 2.12 bits per heavy atom. The molecule has 0 amide bonds. The van der Waals surface area contributed by atoms with Gasteiger partial charge in [0.1, 0.15) is 17.5 Å². The molecule has 0 spiro atoms. The zero-order valence-electron chi connectivity index (χ0n) is 14.3. The Bertz CT molecular complexity index is 709. The van der Waals surface area contributed by atoms with Crippen LogP contribution < -0.4 is 0 Å². The smallest absolute Gasteiger partial charge is 0.135 e. The number of nitrogens with one attached hydrogen (secondary N) is 1. The van der Waals surface area contributed by atoms with Crippen LogP contribution in [-0.2, 0) is 4.74 Å². The van der Waals surface area contributed by atoms with Gasteiger partial charge in [-0.15, -0.1) is 0 Å². The van der Waals surface area contributed by atoms with Crippen molar-refractivity contribution in [3.63, 3.8) is 0 Å². The molecule has 4 nitrogen and oxygen atoms in total. The van der Waals surface area contributed by atoms with Crippen LogP contribution in [0, 0.1) is 17.0 Å². The van der Waals surface area contributed by atoms with Crippen molar-refractivity contribution in [2.75, 3.05) is 26.3 Å². The van der Waals surface area contributed by atoms with Crippen LogP contribution in [0.2, 0.25) is 0 Å². The van der Waals surface area contributed by atoms with Gasteiger partial charge in [-0.2, -0.15) is 0 Å². The number of aromatic nitrogens is 2. The molecule has 2 heterocycles. The fourth-order valence-electron chi connectivity index (χ4n) is 3.04. The number of imidazole rings is 1. The molecule has 1 N–H and O–H groups in total. The number of hydrogen-bond donors (Lipinski definition) is 1. The van der Waals surface area contributed by atoms with E-state index < -0.39 is 11.6 Å². The lowest BCUT2D eigenvalue weighted by molar-refractivity contribution is -0.0246. The minimum Gasteiger partial charge on any atom is -0.378 e. The standard InChI is InChI=1S/C18H23F2N3O/c1-18(2,3)11-23-6-7-24-10-16(23)17-21-9-15(22-17)13-5-4-12(19)8-14(13)20/h4-5,8-9,16H,6-7,10-11H2,1-3H3,(H,21,22)/t16-/m0/s1. The van der Waals surface area contributed by atoms with Crippen LogP contribution in [0.1, 0.15) is 32.6 Å². The molecule has 24 heavy (non-hydrogen) atoms. The molecule has 1 aromatic carbocycles. The maximum Gasteiger partial charge on any atom is 0.135 e. The summed E-state index contributed by atoms with van der Waals surface area (Å²) in [4.78, 5) is 9.94. The molecule has 3 rings (SSSR count). The lowest BCUT2D eigenvalue weighted by atomic mass is 9.95.